The van der Waals surface area contributed by atoms with Gasteiger partial charge in [-0.05, 0) is 24.3 Å². The molecule has 4 atom stereocenters. The summed E-state index contributed by atoms with van der Waals surface area (Å²) in [4.78, 5) is 14.3. The molecule has 0 amide bonds. The molecule has 4 aromatic rings. The highest BCUT2D eigenvalue weighted by Gasteiger charge is 2.60. The molecule has 2 aliphatic rings. The number of hydrogen-bond donors (Lipinski definition) is 8. The van der Waals surface area contributed by atoms with Gasteiger partial charge in [-0.3, -0.25) is 0 Å². The van der Waals surface area contributed by atoms with Crippen LogP contribution in [0.1, 0.15) is 63.8 Å². The minimum Gasteiger partial charge on any atom is -0.508 e. The molecule has 4 aromatic carbocycles. The second kappa shape index (κ2) is 12.1. The summed E-state index contributed by atoms with van der Waals surface area (Å²) in [6, 6.07) is 13.0. The van der Waals surface area contributed by atoms with E-state index < -0.39 is 63.4 Å². The third-order valence-electron chi connectivity index (χ3n) is 10.1. The Balaban J connectivity index is 1.48. The molecular weight excluding hydrogens is 676 g/mol. The molecule has 0 bridgehead atoms. The van der Waals surface area contributed by atoms with E-state index in [0.29, 0.717) is 11.1 Å². The maximum atomic E-state index is 14.3. The zero-order chi connectivity index (χ0) is 38.1. The van der Waals surface area contributed by atoms with Crippen molar-refractivity contribution in [1.82, 2.24) is 0 Å². The number of carbonyl (C=O) groups excluding carboxylic acids is 1. The number of rotatable bonds is 4. The first-order valence-corrected chi connectivity index (χ1v) is 16.6. The third-order valence-corrected chi connectivity index (χ3v) is 10.1. The fourth-order valence-corrected chi connectivity index (χ4v) is 7.61. The van der Waals surface area contributed by atoms with Crippen LogP contribution in [0.4, 0.5) is 4.79 Å². The number of phenols is 8. The maximum Gasteiger partial charge on any atom is 0.509 e. The van der Waals surface area contributed by atoms with Gasteiger partial charge in [0.1, 0.15) is 34.5 Å². The fourth-order valence-electron chi connectivity index (χ4n) is 7.61. The Morgan fingerprint density at radius 2 is 0.923 bits per heavy atom. The van der Waals surface area contributed by atoms with Crippen molar-refractivity contribution in [1.29, 1.82) is 0 Å². The Morgan fingerprint density at radius 1 is 0.558 bits per heavy atom. The lowest BCUT2D eigenvalue weighted by Gasteiger charge is -2.52. The Labute approximate surface area is 299 Å². The van der Waals surface area contributed by atoms with Gasteiger partial charge < -0.3 is 59.8 Å². The van der Waals surface area contributed by atoms with Gasteiger partial charge in [0.15, 0.2) is 46.4 Å². The molecule has 6 rings (SSSR count). The Bertz CT molecular complexity index is 1920. The molecule has 0 saturated heterocycles. The topological polar surface area (TPSA) is 216 Å². The van der Waals surface area contributed by atoms with Gasteiger partial charge in [-0.15, -0.1) is 0 Å². The van der Waals surface area contributed by atoms with Crippen molar-refractivity contribution in [2.24, 2.45) is 10.8 Å². The number of ether oxygens (including phenoxy) is 4. The van der Waals surface area contributed by atoms with Crippen molar-refractivity contribution >= 4 is 6.16 Å². The summed E-state index contributed by atoms with van der Waals surface area (Å²) in [5, 5.41) is 83.9. The molecule has 2 heterocycles. The van der Waals surface area contributed by atoms with Crippen LogP contribution in [-0.2, 0) is 33.5 Å². The number of fused-ring (bicyclic) bond motifs is 2. The lowest BCUT2D eigenvalue weighted by atomic mass is 9.66. The molecule has 13 heteroatoms. The molecule has 0 unspecified atom stereocenters. The van der Waals surface area contributed by atoms with Crippen LogP contribution in [0.15, 0.2) is 60.7 Å². The average Bonchev–Trinajstić information content (AvgIpc) is 3.02. The first-order chi connectivity index (χ1) is 24.2. The second-order valence-electron chi connectivity index (χ2n) is 15.3. The molecule has 13 nitrogen and oxygen atoms in total. The number of carbonyl (C=O) groups is 1. The van der Waals surface area contributed by atoms with Crippen LogP contribution in [0.5, 0.6) is 57.5 Å². The van der Waals surface area contributed by atoms with Gasteiger partial charge >= 0.3 is 6.16 Å². The number of phenolic OH excluding ortho intramolecular Hbond substituents is 8. The summed E-state index contributed by atoms with van der Waals surface area (Å²) in [5.74, 6) is -2.72. The van der Waals surface area contributed by atoms with Gasteiger partial charge in [-0.2, -0.15) is 0 Å². The summed E-state index contributed by atoms with van der Waals surface area (Å²) in [6.07, 6.45) is -4.03. The molecule has 8 N–H and O–H groups in total. The van der Waals surface area contributed by atoms with Crippen molar-refractivity contribution < 1.29 is 64.6 Å². The second-order valence-corrected chi connectivity index (χ2v) is 15.3. The smallest absolute Gasteiger partial charge is 0.508 e. The largest absolute Gasteiger partial charge is 0.509 e. The van der Waals surface area contributed by atoms with Crippen LogP contribution in [0.3, 0.4) is 0 Å². The highest BCUT2D eigenvalue weighted by molar-refractivity contribution is 5.63. The van der Waals surface area contributed by atoms with E-state index in [0.717, 1.165) is 12.1 Å². The molecule has 0 aromatic heterocycles. The molecule has 0 aliphatic carbocycles. The first-order valence-electron chi connectivity index (χ1n) is 16.6. The predicted molar refractivity (Wildman–Crippen MR) is 185 cm³/mol. The number of aromatic hydroxyl groups is 8. The maximum absolute atomic E-state index is 14.3. The summed E-state index contributed by atoms with van der Waals surface area (Å²) < 4.78 is 25.6. The standard InChI is InChI=1S/C39H42O13/c1-36(2,3)38(19-7-9-25(42)29(46)11-19)33(17-23-27(44)13-21(40)15-31(23)51-38)49-35(48)50-34-18-24-28(45)14-22(41)16-32(24)52-39(34,37(4,5)6)20-8-10-26(43)30(47)12-20/h7-16,33-34,40-47H,17-18H2,1-6H3/t33-,34-,38-,39-/m1/s1. The lowest BCUT2D eigenvalue weighted by Crippen LogP contribution is -2.60. The summed E-state index contributed by atoms with van der Waals surface area (Å²) in [5.41, 5.74) is -4.10. The number of hydrogen-bond acceptors (Lipinski definition) is 13. The zero-order valence-electron chi connectivity index (χ0n) is 29.5. The van der Waals surface area contributed by atoms with E-state index in [1.54, 1.807) is 41.5 Å². The van der Waals surface area contributed by atoms with E-state index in [1.807, 2.05) is 0 Å². The predicted octanol–water partition coefficient (Wildman–Crippen LogP) is 6.68. The van der Waals surface area contributed by atoms with Gasteiger partial charge in [0.2, 0.25) is 0 Å². The Kier molecular flexibility index (Phi) is 8.39. The van der Waals surface area contributed by atoms with Crippen LogP contribution in [-0.4, -0.2) is 59.2 Å². The van der Waals surface area contributed by atoms with E-state index in [4.69, 9.17) is 18.9 Å². The van der Waals surface area contributed by atoms with Crippen LogP contribution in [0.2, 0.25) is 0 Å². The van der Waals surface area contributed by atoms with Gasteiger partial charge in [-0.1, -0.05) is 53.7 Å². The Hall–Kier alpha value is -5.85. The Morgan fingerprint density at radius 3 is 1.25 bits per heavy atom. The van der Waals surface area contributed by atoms with Crippen molar-refractivity contribution in [3.05, 3.63) is 82.9 Å². The molecule has 0 radical (unpaired) electrons. The van der Waals surface area contributed by atoms with Crippen LogP contribution in [0.25, 0.3) is 0 Å². The first kappa shape index (κ1) is 36.0. The van der Waals surface area contributed by atoms with E-state index in [-0.39, 0.29) is 58.5 Å². The molecule has 52 heavy (non-hydrogen) atoms. The summed E-state index contributed by atoms with van der Waals surface area (Å²) in [7, 11) is 0. The van der Waals surface area contributed by atoms with Crippen molar-refractivity contribution in [3.8, 4) is 57.5 Å². The minimum absolute atomic E-state index is 0.100. The quantitative estimate of drug-likeness (QED) is 0.0818. The molecule has 276 valence electrons. The van der Waals surface area contributed by atoms with Crippen molar-refractivity contribution in [2.45, 2.75) is 77.8 Å². The van der Waals surface area contributed by atoms with E-state index in [2.05, 4.69) is 0 Å². The highest BCUT2D eigenvalue weighted by atomic mass is 16.7. The minimum atomic E-state index is -1.63. The lowest BCUT2D eigenvalue weighted by molar-refractivity contribution is -0.176. The summed E-state index contributed by atoms with van der Waals surface area (Å²) in [6.45, 7) is 10.8. The summed E-state index contributed by atoms with van der Waals surface area (Å²) >= 11 is 0. The average molecular weight is 719 g/mol. The van der Waals surface area contributed by atoms with Gasteiger partial charge in [0.25, 0.3) is 0 Å². The van der Waals surface area contributed by atoms with Gasteiger partial charge in [0.05, 0.1) is 0 Å². The van der Waals surface area contributed by atoms with Crippen molar-refractivity contribution in [3.63, 3.8) is 0 Å². The molecular formula is C39H42O13. The normalized spacial score (nSPS) is 22.7. The van der Waals surface area contributed by atoms with Crippen molar-refractivity contribution in [2.75, 3.05) is 0 Å². The highest BCUT2D eigenvalue weighted by Crippen LogP contribution is 2.56. The van der Waals surface area contributed by atoms with Crippen LogP contribution in [0, 0.1) is 10.8 Å². The SMILES string of the molecule is CC(C)(C)[C@]1(c2ccc(O)c(O)c2)Oc2cc(O)cc(O)c2C[C@H]1OC(=O)O[C@@H]1Cc2c(O)cc(O)cc2O[C@@]1(c1ccc(O)c(O)c1)C(C)(C)C. The molecule has 2 aliphatic heterocycles. The van der Waals surface area contributed by atoms with E-state index >= 15 is 0 Å². The number of benzene rings is 4. The zero-order valence-corrected chi connectivity index (χ0v) is 29.5. The molecule has 0 spiro atoms. The third kappa shape index (κ3) is 5.69. The monoisotopic (exact) mass is 718 g/mol. The fraction of sp³-hybridized carbons (Fsp3) is 0.359. The van der Waals surface area contributed by atoms with E-state index in [1.165, 1.54) is 48.5 Å². The van der Waals surface area contributed by atoms with Crippen LogP contribution >= 0.6 is 0 Å². The van der Waals surface area contributed by atoms with E-state index in [9.17, 15) is 45.6 Å². The molecule has 0 fully saturated rings. The van der Waals surface area contributed by atoms with Crippen LogP contribution < -0.4 is 9.47 Å². The van der Waals surface area contributed by atoms with Gasteiger partial charge in [-0.25, -0.2) is 4.79 Å². The van der Waals surface area contributed by atoms with Gasteiger partial charge in [0, 0.05) is 70.2 Å². The molecule has 0 saturated carbocycles.